The van der Waals surface area contributed by atoms with Crippen molar-refractivity contribution in [3.05, 3.63) is 78.2 Å². The van der Waals surface area contributed by atoms with Crippen LogP contribution in [0.25, 0.3) is 33.9 Å². The minimum atomic E-state index is -0.307. The van der Waals surface area contributed by atoms with Crippen LogP contribution in [-0.2, 0) is 7.05 Å². The summed E-state index contributed by atoms with van der Waals surface area (Å²) in [6, 6.07) is 15.6. The summed E-state index contributed by atoms with van der Waals surface area (Å²) in [6.45, 7) is 1.86. The summed E-state index contributed by atoms with van der Waals surface area (Å²) in [5.41, 5.74) is 5.61. The molecule has 0 spiro atoms. The number of hydrogen-bond acceptors (Lipinski definition) is 6. The van der Waals surface area contributed by atoms with Crippen LogP contribution in [0.5, 0.6) is 0 Å². The van der Waals surface area contributed by atoms with Crippen LogP contribution in [-0.4, -0.2) is 19.5 Å². The summed E-state index contributed by atoms with van der Waals surface area (Å²) in [7, 11) is 1.87. The standard InChI is InChI=1S/C24H17FN6O/c1-14-23(32-13-28-14)19-8-7-18(12-27-19)29-20-9-15(11-26)10-21-22(20)30-24(31(21)2)16-3-5-17(25)6-4-16/h3-10,12-13,29H,1-2H3. The van der Waals surface area contributed by atoms with Crippen molar-refractivity contribution in [3.8, 4) is 28.9 Å². The highest BCUT2D eigenvalue weighted by Gasteiger charge is 2.16. The van der Waals surface area contributed by atoms with E-state index >= 15 is 0 Å². The molecule has 0 fully saturated rings. The Morgan fingerprint density at radius 3 is 2.56 bits per heavy atom. The number of aryl methyl sites for hydroxylation is 2. The number of nitriles is 1. The summed E-state index contributed by atoms with van der Waals surface area (Å²) >= 11 is 0. The zero-order chi connectivity index (χ0) is 22.2. The zero-order valence-corrected chi connectivity index (χ0v) is 17.3. The molecule has 7 nitrogen and oxygen atoms in total. The number of fused-ring (bicyclic) bond motifs is 1. The third-order valence-corrected chi connectivity index (χ3v) is 5.24. The fourth-order valence-corrected chi connectivity index (χ4v) is 3.61. The predicted octanol–water partition coefficient (Wildman–Crippen LogP) is 5.35. The minimum absolute atomic E-state index is 0.307. The third-order valence-electron chi connectivity index (χ3n) is 5.24. The van der Waals surface area contributed by atoms with Gasteiger partial charge in [0.2, 0.25) is 0 Å². The smallest absolute Gasteiger partial charge is 0.181 e. The number of hydrogen-bond donors (Lipinski definition) is 1. The summed E-state index contributed by atoms with van der Waals surface area (Å²) in [5.74, 6) is 0.990. The molecule has 3 aromatic heterocycles. The van der Waals surface area contributed by atoms with Crippen LogP contribution in [0, 0.1) is 24.1 Å². The highest BCUT2D eigenvalue weighted by Crippen LogP contribution is 2.32. The molecular formula is C24H17FN6O. The molecule has 8 heteroatoms. The molecule has 0 aliphatic carbocycles. The molecule has 2 aromatic carbocycles. The van der Waals surface area contributed by atoms with Crippen molar-refractivity contribution in [1.29, 1.82) is 5.26 Å². The van der Waals surface area contributed by atoms with Gasteiger partial charge in [0, 0.05) is 12.6 Å². The van der Waals surface area contributed by atoms with E-state index in [9.17, 15) is 9.65 Å². The fraction of sp³-hybridized carbons (Fsp3) is 0.0833. The minimum Gasteiger partial charge on any atom is -0.442 e. The first-order chi connectivity index (χ1) is 15.5. The Morgan fingerprint density at radius 1 is 1.09 bits per heavy atom. The number of anilines is 2. The van der Waals surface area contributed by atoms with Gasteiger partial charge in [-0.25, -0.2) is 14.4 Å². The number of nitrogens with zero attached hydrogens (tertiary/aromatic N) is 5. The lowest BCUT2D eigenvalue weighted by Crippen LogP contribution is -1.95. The number of rotatable bonds is 4. The molecule has 156 valence electrons. The average molecular weight is 424 g/mol. The topological polar surface area (TPSA) is 92.6 Å². The van der Waals surface area contributed by atoms with E-state index < -0.39 is 0 Å². The quantitative estimate of drug-likeness (QED) is 0.418. The Morgan fingerprint density at radius 2 is 1.91 bits per heavy atom. The first-order valence-electron chi connectivity index (χ1n) is 9.83. The van der Waals surface area contributed by atoms with Gasteiger partial charge in [0.05, 0.1) is 40.4 Å². The van der Waals surface area contributed by atoms with Gasteiger partial charge in [-0.1, -0.05) is 0 Å². The SMILES string of the molecule is Cc1ncoc1-c1ccc(Nc2cc(C#N)cc3c2nc(-c2ccc(F)cc2)n3C)cn1. The van der Waals surface area contributed by atoms with E-state index in [2.05, 4.69) is 21.4 Å². The van der Waals surface area contributed by atoms with Crippen LogP contribution in [0.1, 0.15) is 11.3 Å². The molecule has 0 unspecified atom stereocenters. The lowest BCUT2D eigenvalue weighted by molar-refractivity contribution is 0.569. The maximum Gasteiger partial charge on any atom is 0.181 e. The molecule has 5 aromatic rings. The molecule has 0 saturated carbocycles. The maximum atomic E-state index is 13.4. The van der Waals surface area contributed by atoms with Gasteiger partial charge in [-0.05, 0) is 55.5 Å². The molecular weight excluding hydrogens is 407 g/mol. The van der Waals surface area contributed by atoms with E-state index in [1.165, 1.54) is 18.5 Å². The van der Waals surface area contributed by atoms with Crippen LogP contribution in [0.2, 0.25) is 0 Å². The number of halogens is 1. The number of nitrogens with one attached hydrogen (secondary N) is 1. The Kier molecular flexibility index (Phi) is 4.64. The van der Waals surface area contributed by atoms with Gasteiger partial charge in [-0.15, -0.1) is 0 Å². The molecule has 0 amide bonds. The van der Waals surface area contributed by atoms with Gasteiger partial charge in [-0.2, -0.15) is 5.26 Å². The molecule has 0 aliphatic heterocycles. The normalized spacial score (nSPS) is 10.9. The number of benzene rings is 2. The molecule has 0 radical (unpaired) electrons. The summed E-state index contributed by atoms with van der Waals surface area (Å²) in [4.78, 5) is 13.3. The van der Waals surface area contributed by atoms with E-state index in [0.717, 1.165) is 22.5 Å². The van der Waals surface area contributed by atoms with Crippen molar-refractivity contribution >= 4 is 22.4 Å². The van der Waals surface area contributed by atoms with Crippen LogP contribution in [0.3, 0.4) is 0 Å². The number of oxazole rings is 1. The van der Waals surface area contributed by atoms with Gasteiger partial charge in [0.25, 0.3) is 0 Å². The van der Waals surface area contributed by atoms with Gasteiger partial charge < -0.3 is 14.3 Å². The van der Waals surface area contributed by atoms with E-state index in [1.54, 1.807) is 30.5 Å². The van der Waals surface area contributed by atoms with Crippen molar-refractivity contribution in [2.75, 3.05) is 5.32 Å². The summed E-state index contributed by atoms with van der Waals surface area (Å²) in [5, 5.41) is 12.8. The summed E-state index contributed by atoms with van der Waals surface area (Å²) in [6.07, 6.45) is 3.08. The molecule has 0 saturated heterocycles. The van der Waals surface area contributed by atoms with Crippen molar-refractivity contribution < 1.29 is 8.81 Å². The fourth-order valence-electron chi connectivity index (χ4n) is 3.61. The Balaban J connectivity index is 1.56. The molecule has 32 heavy (non-hydrogen) atoms. The van der Waals surface area contributed by atoms with Gasteiger partial charge in [-0.3, -0.25) is 4.98 Å². The molecule has 1 N–H and O–H groups in total. The van der Waals surface area contributed by atoms with E-state index in [-0.39, 0.29) is 5.82 Å². The lowest BCUT2D eigenvalue weighted by atomic mass is 10.1. The van der Waals surface area contributed by atoms with Gasteiger partial charge in [0.15, 0.2) is 12.2 Å². The molecule has 0 atom stereocenters. The van der Waals surface area contributed by atoms with E-state index in [1.807, 2.05) is 30.7 Å². The number of aromatic nitrogens is 4. The lowest BCUT2D eigenvalue weighted by Gasteiger charge is -2.08. The maximum absolute atomic E-state index is 13.4. The highest BCUT2D eigenvalue weighted by atomic mass is 19.1. The van der Waals surface area contributed by atoms with Crippen LogP contribution in [0.15, 0.2) is 65.5 Å². The Hall–Kier alpha value is -4.51. The van der Waals surface area contributed by atoms with E-state index in [0.29, 0.717) is 34.0 Å². The first kappa shape index (κ1) is 19.5. The largest absolute Gasteiger partial charge is 0.442 e. The van der Waals surface area contributed by atoms with Gasteiger partial charge >= 0.3 is 0 Å². The Bertz CT molecular complexity index is 1480. The van der Waals surface area contributed by atoms with Gasteiger partial charge in [0.1, 0.15) is 22.9 Å². The summed E-state index contributed by atoms with van der Waals surface area (Å²) < 4.78 is 20.7. The monoisotopic (exact) mass is 424 g/mol. The van der Waals surface area contributed by atoms with Crippen molar-refractivity contribution in [2.45, 2.75) is 6.92 Å². The zero-order valence-electron chi connectivity index (χ0n) is 17.3. The van der Waals surface area contributed by atoms with Crippen molar-refractivity contribution in [3.63, 3.8) is 0 Å². The first-order valence-corrected chi connectivity index (χ1v) is 9.83. The third kappa shape index (κ3) is 3.36. The number of imidazole rings is 1. The van der Waals surface area contributed by atoms with Crippen LogP contribution in [0.4, 0.5) is 15.8 Å². The predicted molar refractivity (Wildman–Crippen MR) is 119 cm³/mol. The van der Waals surface area contributed by atoms with Crippen molar-refractivity contribution in [2.24, 2.45) is 7.05 Å². The molecule has 0 aliphatic rings. The molecule has 3 heterocycles. The molecule has 0 bridgehead atoms. The second-order valence-electron chi connectivity index (χ2n) is 7.33. The van der Waals surface area contributed by atoms with Crippen LogP contribution >= 0.6 is 0 Å². The second kappa shape index (κ2) is 7.63. The average Bonchev–Trinajstić information content (AvgIpc) is 3.38. The molecule has 5 rings (SSSR count). The van der Waals surface area contributed by atoms with Crippen LogP contribution < -0.4 is 5.32 Å². The number of pyridine rings is 1. The van der Waals surface area contributed by atoms with E-state index in [4.69, 9.17) is 9.40 Å². The highest BCUT2D eigenvalue weighted by molar-refractivity contribution is 5.94. The van der Waals surface area contributed by atoms with Crippen molar-refractivity contribution in [1.82, 2.24) is 19.5 Å². The Labute approximate surface area is 182 Å². The second-order valence-corrected chi connectivity index (χ2v) is 7.33.